The molecule has 0 aromatic heterocycles. The number of hydrogen-bond donors (Lipinski definition) is 0. The van der Waals surface area contributed by atoms with Gasteiger partial charge in [0.1, 0.15) is 0 Å². The topological polar surface area (TPSA) is 22.7 Å². The minimum atomic E-state index is -1.98. The Kier molecular flexibility index (Phi) is 22.3. The summed E-state index contributed by atoms with van der Waals surface area (Å²) in [7, 11) is -15.2. The molecule has 0 saturated heterocycles. The van der Waals surface area contributed by atoms with Crippen LogP contribution in [0.5, 0.6) is 0 Å². The van der Waals surface area contributed by atoms with Gasteiger partial charge >= 0.3 is 0 Å². The van der Waals surface area contributed by atoms with Gasteiger partial charge in [0.15, 0.2) is 0 Å². The molecule has 0 N–H and O–H groups in total. The SMILES string of the molecule is Cc1ccc(N2c3ccc(C)cc3B3c4cc(C)ccc4N(c4ccc([Si](C)(C)C)cc4)c4cc(N(c5cc6c7c(c5)N(c5ccc([Si](C)(C)C)cc5)c5ccc([Si](C)(C)C)cc5B7c5cc([Si](C)(C)C)ccc5N6c5ccc(C(C)(C)C)cc5)c5cc6c7c(c5)N(c5ccc([Si](C)(C)C)cc5)c5ccc([Si](C)(C)C)cc5B7c5cc([Si](C)(C)C)ccc5N6c5ccc([Si](C)(C)C)cc5)cc2c43)cc1. The highest BCUT2D eigenvalue weighted by molar-refractivity contribution is 7.04. The molecule has 0 amide bonds. The number of anilines is 21. The van der Waals surface area contributed by atoms with Crippen molar-refractivity contribution in [1.82, 2.24) is 0 Å². The summed E-state index contributed by atoms with van der Waals surface area (Å²) >= 11 is 0. The predicted octanol–water partition coefficient (Wildman–Crippen LogP) is 24.0. The molecule has 6 aliphatic rings. The minimum absolute atomic E-state index is 0.0941. The van der Waals surface area contributed by atoms with Crippen LogP contribution in [0.4, 0.5) is 119 Å². The van der Waals surface area contributed by atoms with Crippen molar-refractivity contribution in [2.45, 2.75) is 204 Å². The molecule has 15 aromatic carbocycles. The second-order valence-electron chi connectivity index (χ2n) is 50.4. The zero-order valence-corrected chi connectivity index (χ0v) is 96.1. The summed E-state index contributed by atoms with van der Waals surface area (Å²) in [6, 6.07) is 120. The summed E-state index contributed by atoms with van der Waals surface area (Å²) in [6.45, 7) is 73.9. The standard InChI is InChI=1S/C121H138B3N7Si8/c1-79-31-37-83(38-32-79)126-106-61-33-80(2)67-100(106)122-101-68-81(3)34-62-107(101)128(85-41-49-92(50-42-85)132(7,8)9)113-70-89(69-112(126)118(113)122)125(90-71-114-119-115(72-90)129(86-43-51-93(52-44-86)133(10,11)12)109-64-58-97(137(22,23)24)76-103(109)123(119)102-75-96(136(19,20)21)57-63-108(102)127(114)84-39-35-82(36-40-84)121(4,5)6)91-73-116-120-117(74-91)131(88-47-55-95(56-48-88)135(16,17)18)111-66-60-99(139(28,29)30)78-105(111)124(120)104-77-98(138(25,26)27)59-65-110(104)130(116)87-45-53-94(54-46-87)134(13,14)15/h31-78H,1-30H3. The zero-order chi connectivity index (χ0) is 98.5. The van der Waals surface area contributed by atoms with Crippen molar-refractivity contribution >= 4 is 295 Å². The Labute approximate surface area is 839 Å². The van der Waals surface area contributed by atoms with Crippen LogP contribution in [0.15, 0.2) is 291 Å². The Balaban J connectivity index is 0.978. The Morgan fingerprint density at radius 3 is 0.561 bits per heavy atom. The van der Waals surface area contributed by atoms with Crippen molar-refractivity contribution < 1.29 is 0 Å². The van der Waals surface area contributed by atoms with Crippen LogP contribution in [-0.4, -0.2) is 84.7 Å². The van der Waals surface area contributed by atoms with Crippen LogP contribution < -0.4 is 125 Å². The summed E-state index contributed by atoms with van der Waals surface area (Å²) in [6.07, 6.45) is 0. The highest BCUT2D eigenvalue weighted by Gasteiger charge is 2.51. The average molecular weight is 1950 g/mol. The first kappa shape index (κ1) is 94.1. The molecule has 0 spiro atoms. The van der Waals surface area contributed by atoms with Crippen LogP contribution >= 0.6 is 0 Å². The number of aryl methyl sites for hydroxylation is 3. The second kappa shape index (κ2) is 33.0. The van der Waals surface area contributed by atoms with E-state index in [1.54, 1.807) is 0 Å². The van der Waals surface area contributed by atoms with Crippen molar-refractivity contribution in [1.29, 1.82) is 0 Å². The lowest BCUT2D eigenvalue weighted by Gasteiger charge is -2.47. The van der Waals surface area contributed by atoms with E-state index in [4.69, 9.17) is 0 Å². The lowest BCUT2D eigenvalue weighted by atomic mass is 9.33. The summed E-state index contributed by atoms with van der Waals surface area (Å²) in [5, 5.41) is 11.6. The highest BCUT2D eigenvalue weighted by atomic mass is 28.3. The normalized spacial score (nSPS) is 14.4. The molecule has 15 aromatic rings. The molecule has 139 heavy (non-hydrogen) atoms. The van der Waals surface area contributed by atoms with Gasteiger partial charge in [-0.1, -0.05) is 382 Å². The molecule has 18 heteroatoms. The average Bonchev–Trinajstić information content (AvgIpc) is 0.691. The first-order chi connectivity index (χ1) is 65.3. The van der Waals surface area contributed by atoms with Gasteiger partial charge in [0.2, 0.25) is 0 Å². The number of hydrogen-bond acceptors (Lipinski definition) is 7. The van der Waals surface area contributed by atoms with Crippen molar-refractivity contribution in [3.05, 3.63) is 313 Å². The number of benzene rings is 15. The molecule has 0 bridgehead atoms. The number of nitrogens with zero attached hydrogens (tertiary/aromatic N) is 7. The molecular weight excluding hydrogens is 1810 g/mol. The summed E-state index contributed by atoms with van der Waals surface area (Å²) in [5.74, 6) is 0. The maximum absolute atomic E-state index is 2.78. The van der Waals surface area contributed by atoms with E-state index < -0.39 is 64.6 Å². The molecule has 6 heterocycles. The van der Waals surface area contributed by atoms with E-state index >= 15 is 0 Å². The largest absolute Gasteiger partial charge is 0.311 e. The Hall–Kier alpha value is -11.2. The highest BCUT2D eigenvalue weighted by Crippen LogP contribution is 2.55. The van der Waals surface area contributed by atoms with E-state index in [1.165, 1.54) is 164 Å². The second-order valence-corrected chi connectivity index (χ2v) is 91.0. The first-order valence-electron chi connectivity index (χ1n) is 50.9. The Morgan fingerprint density at radius 2 is 0.360 bits per heavy atom. The van der Waals surface area contributed by atoms with Crippen LogP contribution in [0.3, 0.4) is 0 Å². The van der Waals surface area contributed by atoms with Crippen LogP contribution in [0.2, 0.25) is 157 Å². The van der Waals surface area contributed by atoms with Crippen LogP contribution in [-0.2, 0) is 5.41 Å². The Bertz CT molecular complexity index is 6900. The fraction of sp³-hybridized carbons (Fsp3) is 0.256. The van der Waals surface area contributed by atoms with Crippen LogP contribution in [0.1, 0.15) is 43.0 Å². The van der Waals surface area contributed by atoms with Crippen molar-refractivity contribution in [2.75, 3.05) is 34.3 Å². The summed E-state index contributed by atoms with van der Waals surface area (Å²) in [4.78, 5) is 19.0. The van der Waals surface area contributed by atoms with Gasteiger partial charge in [-0.3, -0.25) is 0 Å². The summed E-state index contributed by atoms with van der Waals surface area (Å²) < 4.78 is 0. The zero-order valence-electron chi connectivity index (χ0n) is 88.1. The van der Waals surface area contributed by atoms with Gasteiger partial charge in [-0.2, -0.15) is 0 Å². The molecule has 6 aliphatic heterocycles. The molecule has 0 fully saturated rings. The molecule has 698 valence electrons. The maximum atomic E-state index is 2.78. The lowest BCUT2D eigenvalue weighted by molar-refractivity contribution is 0.590. The van der Waals surface area contributed by atoms with E-state index in [0.717, 1.165) is 68.2 Å². The van der Waals surface area contributed by atoms with Gasteiger partial charge in [0, 0.05) is 102 Å². The fourth-order valence-electron chi connectivity index (χ4n) is 22.8. The van der Waals surface area contributed by atoms with Gasteiger partial charge in [0.25, 0.3) is 20.1 Å². The molecule has 21 rings (SSSR count). The Morgan fingerprint density at radius 1 is 0.187 bits per heavy atom. The predicted molar refractivity (Wildman–Crippen MR) is 640 cm³/mol. The third-order valence-corrected chi connectivity index (χ3v) is 47.4. The molecule has 0 radical (unpaired) electrons. The lowest BCUT2D eigenvalue weighted by Crippen LogP contribution is -2.63. The third kappa shape index (κ3) is 16.2. The van der Waals surface area contributed by atoms with Gasteiger partial charge < -0.3 is 34.3 Å². The number of rotatable bonds is 17. The van der Waals surface area contributed by atoms with E-state index in [0.29, 0.717) is 0 Å². The van der Waals surface area contributed by atoms with Gasteiger partial charge in [-0.05, 0) is 227 Å². The monoisotopic (exact) mass is 1950 g/mol. The molecule has 0 unspecified atom stereocenters. The molecule has 0 atom stereocenters. The van der Waals surface area contributed by atoms with E-state index in [2.05, 4.69) is 524 Å². The van der Waals surface area contributed by atoms with Crippen LogP contribution in [0, 0.1) is 20.8 Å². The smallest absolute Gasteiger partial charge is 0.252 e. The van der Waals surface area contributed by atoms with Crippen LogP contribution in [0.25, 0.3) is 0 Å². The van der Waals surface area contributed by atoms with Crippen molar-refractivity contribution in [3.8, 4) is 0 Å². The number of fused-ring (bicyclic) bond motifs is 12. The molecule has 0 saturated carbocycles. The van der Waals surface area contributed by atoms with E-state index in [-0.39, 0.29) is 25.6 Å². The van der Waals surface area contributed by atoms with Crippen molar-refractivity contribution in [3.63, 3.8) is 0 Å². The quantitative estimate of drug-likeness (QED) is 0.0837. The molecule has 7 nitrogen and oxygen atoms in total. The van der Waals surface area contributed by atoms with E-state index in [9.17, 15) is 0 Å². The third-order valence-electron chi connectivity index (χ3n) is 31.0. The minimum Gasteiger partial charge on any atom is -0.311 e. The van der Waals surface area contributed by atoms with Crippen molar-refractivity contribution in [2.24, 2.45) is 0 Å². The van der Waals surface area contributed by atoms with E-state index in [1.807, 2.05) is 0 Å². The first-order valence-corrected chi connectivity index (χ1v) is 78.9. The van der Waals surface area contributed by atoms with Gasteiger partial charge in [-0.15, -0.1) is 0 Å². The molecule has 0 aliphatic carbocycles. The maximum Gasteiger partial charge on any atom is 0.252 e. The van der Waals surface area contributed by atoms with Gasteiger partial charge in [-0.25, -0.2) is 0 Å². The summed E-state index contributed by atoms with van der Waals surface area (Å²) in [5.41, 5.74) is 41.1. The van der Waals surface area contributed by atoms with Gasteiger partial charge in [0.05, 0.1) is 81.7 Å². The molecular formula is C121H138B3N7Si8. The fourth-order valence-corrected chi connectivity index (χ4v) is 32.2.